The second-order valence-corrected chi connectivity index (χ2v) is 7.90. The second-order valence-electron chi connectivity index (χ2n) is 7.10. The van der Waals surface area contributed by atoms with E-state index in [0.717, 1.165) is 12.0 Å². The highest BCUT2D eigenvalue weighted by atomic mass is 35.5. The van der Waals surface area contributed by atoms with Crippen molar-refractivity contribution in [2.75, 3.05) is 4.90 Å². The number of hydrogen-bond acceptors (Lipinski definition) is 6. The van der Waals surface area contributed by atoms with Gasteiger partial charge in [0, 0.05) is 17.7 Å². The van der Waals surface area contributed by atoms with Gasteiger partial charge in [-0.05, 0) is 60.6 Å². The first-order valence-corrected chi connectivity index (χ1v) is 10.6. The number of carbonyl (C=O) groups excluding carboxylic acids is 2. The summed E-state index contributed by atoms with van der Waals surface area (Å²) in [6.45, 7) is 2.02. The SMILES string of the molecule is CCc1ccc(N2C(=O)C(=Cc3ccc(-c4cc([N+](=O)[O-])ccc4Cl)o3)C(=O)NC2=S)cc1. The first-order valence-electron chi connectivity index (χ1n) is 9.83. The minimum Gasteiger partial charge on any atom is -0.457 e. The van der Waals surface area contributed by atoms with Crippen molar-refractivity contribution in [3.05, 3.63) is 86.6 Å². The Morgan fingerprint density at radius 1 is 1.15 bits per heavy atom. The molecule has 0 unspecified atom stereocenters. The summed E-state index contributed by atoms with van der Waals surface area (Å²) in [5, 5.41) is 13.8. The lowest BCUT2D eigenvalue weighted by atomic mass is 10.1. The summed E-state index contributed by atoms with van der Waals surface area (Å²) in [6.07, 6.45) is 2.14. The normalized spacial score (nSPS) is 15.2. The average molecular weight is 482 g/mol. The molecule has 2 amide bonds. The fourth-order valence-corrected chi connectivity index (χ4v) is 3.80. The number of anilines is 1. The highest BCUT2D eigenvalue weighted by Gasteiger charge is 2.34. The molecule has 1 aliphatic heterocycles. The Labute approximate surface area is 198 Å². The van der Waals surface area contributed by atoms with Gasteiger partial charge in [0.15, 0.2) is 5.11 Å². The Morgan fingerprint density at radius 3 is 2.55 bits per heavy atom. The van der Waals surface area contributed by atoms with Crippen LogP contribution in [0.1, 0.15) is 18.2 Å². The van der Waals surface area contributed by atoms with Crippen LogP contribution >= 0.6 is 23.8 Å². The zero-order valence-electron chi connectivity index (χ0n) is 17.2. The Hall–Kier alpha value is -3.82. The number of amides is 2. The summed E-state index contributed by atoms with van der Waals surface area (Å²) < 4.78 is 5.72. The molecule has 2 aromatic carbocycles. The minimum absolute atomic E-state index is 0.0186. The maximum absolute atomic E-state index is 13.1. The topological polar surface area (TPSA) is 106 Å². The van der Waals surface area contributed by atoms with E-state index in [1.165, 1.54) is 35.2 Å². The van der Waals surface area contributed by atoms with E-state index in [1.54, 1.807) is 18.2 Å². The van der Waals surface area contributed by atoms with Crippen molar-refractivity contribution in [1.29, 1.82) is 0 Å². The van der Waals surface area contributed by atoms with Crippen LogP contribution in [0.3, 0.4) is 0 Å². The zero-order chi connectivity index (χ0) is 23.7. The number of nitro benzene ring substituents is 1. The molecule has 1 fully saturated rings. The van der Waals surface area contributed by atoms with Gasteiger partial charge in [0.25, 0.3) is 17.5 Å². The maximum atomic E-state index is 13.1. The Morgan fingerprint density at radius 2 is 1.88 bits per heavy atom. The molecule has 0 aliphatic carbocycles. The van der Waals surface area contributed by atoms with E-state index in [2.05, 4.69) is 5.32 Å². The molecular formula is C23H16ClN3O5S. The molecular weight excluding hydrogens is 466 g/mol. The van der Waals surface area contributed by atoms with Crippen LogP contribution in [0.25, 0.3) is 17.4 Å². The number of thiocarbonyl (C=S) groups is 1. The molecule has 1 saturated heterocycles. The number of hydrogen-bond donors (Lipinski definition) is 1. The van der Waals surface area contributed by atoms with Crippen LogP contribution in [0.15, 0.2) is 64.6 Å². The van der Waals surface area contributed by atoms with Crippen LogP contribution in [0.4, 0.5) is 11.4 Å². The highest BCUT2D eigenvalue weighted by Crippen LogP contribution is 2.33. The lowest BCUT2D eigenvalue weighted by Gasteiger charge is -2.28. The number of nitro groups is 1. The summed E-state index contributed by atoms with van der Waals surface area (Å²) in [5.74, 6) is -0.806. The standard InChI is InChI=1S/C23H16ClN3O5S/c1-2-13-3-5-14(6-4-13)26-22(29)18(21(28)25-23(26)33)12-16-8-10-20(32-16)17-11-15(27(30)31)7-9-19(17)24/h3-12H,2H2,1H3,(H,25,28,33). The second kappa shape index (κ2) is 8.97. The fourth-order valence-electron chi connectivity index (χ4n) is 3.31. The van der Waals surface area contributed by atoms with Gasteiger partial charge < -0.3 is 4.42 Å². The number of nitrogens with one attached hydrogen (secondary N) is 1. The number of carbonyl (C=O) groups is 2. The van der Waals surface area contributed by atoms with Gasteiger partial charge in [-0.25, -0.2) is 0 Å². The molecule has 2 heterocycles. The predicted octanol–water partition coefficient (Wildman–Crippen LogP) is 4.90. The third-order valence-corrected chi connectivity index (χ3v) is 5.66. The van der Waals surface area contributed by atoms with Gasteiger partial charge in [0.2, 0.25) is 0 Å². The van der Waals surface area contributed by atoms with E-state index in [-0.39, 0.29) is 32.9 Å². The molecule has 3 aromatic rings. The van der Waals surface area contributed by atoms with Crippen LogP contribution in [-0.2, 0) is 16.0 Å². The van der Waals surface area contributed by atoms with Crippen molar-refractivity contribution in [2.45, 2.75) is 13.3 Å². The number of aryl methyl sites for hydroxylation is 1. The van der Waals surface area contributed by atoms with Gasteiger partial charge in [-0.15, -0.1) is 0 Å². The summed E-state index contributed by atoms with van der Waals surface area (Å²) in [5.41, 5.74) is 1.61. The van der Waals surface area contributed by atoms with Gasteiger partial charge in [-0.2, -0.15) is 0 Å². The van der Waals surface area contributed by atoms with Crippen LogP contribution in [0.2, 0.25) is 5.02 Å². The molecule has 0 bridgehead atoms. The lowest BCUT2D eigenvalue weighted by Crippen LogP contribution is -2.54. The predicted molar refractivity (Wildman–Crippen MR) is 128 cm³/mol. The van der Waals surface area contributed by atoms with E-state index in [0.29, 0.717) is 11.3 Å². The first kappa shape index (κ1) is 22.4. The quantitative estimate of drug-likeness (QED) is 0.183. The third-order valence-electron chi connectivity index (χ3n) is 5.04. The van der Waals surface area contributed by atoms with Gasteiger partial charge in [-0.1, -0.05) is 30.7 Å². The van der Waals surface area contributed by atoms with Crippen molar-refractivity contribution in [3.63, 3.8) is 0 Å². The van der Waals surface area contributed by atoms with Crippen LogP contribution in [0, 0.1) is 10.1 Å². The van der Waals surface area contributed by atoms with Crippen molar-refractivity contribution in [1.82, 2.24) is 5.32 Å². The van der Waals surface area contributed by atoms with Gasteiger partial charge in [0.1, 0.15) is 17.1 Å². The molecule has 33 heavy (non-hydrogen) atoms. The van der Waals surface area contributed by atoms with Crippen molar-refractivity contribution >= 4 is 58.2 Å². The van der Waals surface area contributed by atoms with E-state index in [1.807, 2.05) is 19.1 Å². The number of halogens is 1. The molecule has 166 valence electrons. The smallest absolute Gasteiger partial charge is 0.270 e. The summed E-state index contributed by atoms with van der Waals surface area (Å²) in [6, 6.07) is 14.3. The molecule has 0 spiro atoms. The number of rotatable bonds is 5. The molecule has 0 radical (unpaired) electrons. The molecule has 4 rings (SSSR count). The fraction of sp³-hybridized carbons (Fsp3) is 0.0870. The van der Waals surface area contributed by atoms with E-state index in [4.69, 9.17) is 28.2 Å². The number of non-ortho nitro benzene ring substituents is 1. The van der Waals surface area contributed by atoms with E-state index >= 15 is 0 Å². The molecule has 1 aromatic heterocycles. The molecule has 8 nitrogen and oxygen atoms in total. The largest absolute Gasteiger partial charge is 0.457 e. The maximum Gasteiger partial charge on any atom is 0.270 e. The zero-order valence-corrected chi connectivity index (χ0v) is 18.8. The molecule has 10 heteroatoms. The Bertz CT molecular complexity index is 1330. The summed E-state index contributed by atoms with van der Waals surface area (Å²) >= 11 is 11.4. The average Bonchev–Trinajstić information content (AvgIpc) is 3.25. The van der Waals surface area contributed by atoms with Crippen LogP contribution in [0.5, 0.6) is 0 Å². The van der Waals surface area contributed by atoms with E-state index < -0.39 is 16.7 Å². The lowest BCUT2D eigenvalue weighted by molar-refractivity contribution is -0.384. The number of benzene rings is 2. The monoisotopic (exact) mass is 481 g/mol. The molecule has 1 N–H and O–H groups in total. The first-order chi connectivity index (χ1) is 15.8. The highest BCUT2D eigenvalue weighted by molar-refractivity contribution is 7.80. The molecule has 0 saturated carbocycles. The van der Waals surface area contributed by atoms with Crippen molar-refractivity contribution < 1.29 is 18.9 Å². The van der Waals surface area contributed by atoms with Crippen molar-refractivity contribution in [3.8, 4) is 11.3 Å². The van der Waals surface area contributed by atoms with Gasteiger partial charge in [0.05, 0.1) is 15.6 Å². The Kier molecular flexibility index (Phi) is 6.08. The van der Waals surface area contributed by atoms with E-state index in [9.17, 15) is 19.7 Å². The third kappa shape index (κ3) is 4.41. The summed E-state index contributed by atoms with van der Waals surface area (Å²) in [4.78, 5) is 37.4. The van der Waals surface area contributed by atoms with Gasteiger partial charge >= 0.3 is 0 Å². The number of nitrogens with zero attached hydrogens (tertiary/aromatic N) is 2. The van der Waals surface area contributed by atoms with Crippen LogP contribution in [-0.4, -0.2) is 21.9 Å². The molecule has 1 aliphatic rings. The molecule has 0 atom stereocenters. The Balaban J connectivity index is 1.67. The number of furan rings is 1. The van der Waals surface area contributed by atoms with Crippen molar-refractivity contribution in [2.24, 2.45) is 0 Å². The van der Waals surface area contributed by atoms with Gasteiger partial charge in [-0.3, -0.25) is 29.9 Å². The van der Waals surface area contributed by atoms with Crippen LogP contribution < -0.4 is 10.2 Å². The summed E-state index contributed by atoms with van der Waals surface area (Å²) in [7, 11) is 0. The minimum atomic E-state index is -0.655.